The number of ether oxygens (including phenoxy) is 2. The number of carbonyl (C=O) groups is 1. The number of hydrogen-bond donors (Lipinski definition) is 1. The van der Waals surface area contributed by atoms with E-state index in [0.29, 0.717) is 13.2 Å². The van der Waals surface area contributed by atoms with E-state index >= 15 is 0 Å². The first-order chi connectivity index (χ1) is 9.90. The zero-order chi connectivity index (χ0) is 15.5. The number of benzene rings is 1. The van der Waals surface area contributed by atoms with Gasteiger partial charge in [0.1, 0.15) is 5.75 Å². The molecule has 0 radical (unpaired) electrons. The van der Waals surface area contributed by atoms with Gasteiger partial charge in [-0.15, -0.1) is 13.2 Å². The second-order valence-electron chi connectivity index (χ2n) is 4.75. The maximum Gasteiger partial charge on any atom is 0.573 e. The van der Waals surface area contributed by atoms with Gasteiger partial charge in [-0.3, -0.25) is 4.79 Å². The fourth-order valence-electron chi connectivity index (χ4n) is 2.34. The lowest BCUT2D eigenvalue weighted by atomic mass is 9.93. The molecular weight excluding hydrogens is 287 g/mol. The average Bonchev–Trinajstić information content (AvgIpc) is 2.85. The average molecular weight is 303 g/mol. The minimum Gasteiger partial charge on any atom is -0.406 e. The van der Waals surface area contributed by atoms with Gasteiger partial charge in [-0.25, -0.2) is 0 Å². The quantitative estimate of drug-likeness (QED) is 0.849. The van der Waals surface area contributed by atoms with E-state index in [2.05, 4.69) is 10.1 Å². The number of carbonyl (C=O) groups excluding carboxylic acids is 1. The van der Waals surface area contributed by atoms with Gasteiger partial charge in [0, 0.05) is 11.6 Å². The Hall–Kier alpha value is -1.60. The monoisotopic (exact) mass is 303 g/mol. The Bertz CT molecular complexity index is 504. The van der Waals surface area contributed by atoms with Gasteiger partial charge in [0.25, 0.3) is 0 Å². The van der Waals surface area contributed by atoms with Crippen LogP contribution in [-0.4, -0.2) is 37.9 Å². The molecule has 2 atom stereocenters. The molecule has 1 aromatic carbocycles. The molecule has 2 rings (SSSR count). The fraction of sp³-hybridized carbons (Fsp3) is 0.500. The Kier molecular flexibility index (Phi) is 4.84. The van der Waals surface area contributed by atoms with Crippen LogP contribution in [0.25, 0.3) is 0 Å². The van der Waals surface area contributed by atoms with Crippen molar-refractivity contribution in [1.82, 2.24) is 5.32 Å². The van der Waals surface area contributed by atoms with Gasteiger partial charge >= 0.3 is 6.36 Å². The van der Waals surface area contributed by atoms with Crippen molar-refractivity contribution in [3.63, 3.8) is 0 Å². The number of nitrogens with one attached hydrogen (secondary N) is 1. The highest BCUT2D eigenvalue weighted by Crippen LogP contribution is 2.26. The number of halogens is 3. The van der Waals surface area contributed by atoms with Crippen LogP contribution in [0, 0.1) is 5.92 Å². The molecule has 1 aromatic rings. The van der Waals surface area contributed by atoms with E-state index < -0.39 is 18.0 Å². The summed E-state index contributed by atoms with van der Waals surface area (Å²) in [6.07, 6.45) is -4.77. The van der Waals surface area contributed by atoms with Crippen LogP contribution in [-0.2, 0) is 4.74 Å². The molecule has 1 saturated heterocycles. The van der Waals surface area contributed by atoms with Crippen LogP contribution in [0.5, 0.6) is 5.75 Å². The Labute approximate surface area is 120 Å². The first-order valence-electron chi connectivity index (χ1n) is 6.62. The van der Waals surface area contributed by atoms with Crippen molar-refractivity contribution in [3.8, 4) is 5.75 Å². The van der Waals surface area contributed by atoms with Crippen LogP contribution < -0.4 is 10.1 Å². The molecule has 0 bridgehead atoms. The van der Waals surface area contributed by atoms with E-state index in [4.69, 9.17) is 4.74 Å². The van der Waals surface area contributed by atoms with E-state index in [0.717, 1.165) is 12.1 Å². The molecule has 0 spiro atoms. The Morgan fingerprint density at radius 2 is 2.19 bits per heavy atom. The third-order valence-corrected chi connectivity index (χ3v) is 3.24. The van der Waals surface area contributed by atoms with Crippen molar-refractivity contribution in [1.29, 1.82) is 0 Å². The van der Waals surface area contributed by atoms with E-state index in [1.165, 1.54) is 12.1 Å². The van der Waals surface area contributed by atoms with E-state index in [1.54, 1.807) is 0 Å². The molecule has 4 nitrogen and oxygen atoms in total. The third-order valence-electron chi connectivity index (χ3n) is 3.24. The lowest BCUT2D eigenvalue weighted by Gasteiger charge is -2.17. The highest BCUT2D eigenvalue weighted by Gasteiger charge is 2.35. The van der Waals surface area contributed by atoms with Crippen LogP contribution in [0.3, 0.4) is 0 Å². The van der Waals surface area contributed by atoms with Crippen molar-refractivity contribution in [2.24, 2.45) is 5.92 Å². The molecule has 21 heavy (non-hydrogen) atoms. The van der Waals surface area contributed by atoms with Crippen molar-refractivity contribution in [2.75, 3.05) is 19.8 Å². The van der Waals surface area contributed by atoms with E-state index in [1.807, 2.05) is 6.92 Å². The molecule has 0 amide bonds. The molecule has 7 heteroatoms. The topological polar surface area (TPSA) is 47.6 Å². The van der Waals surface area contributed by atoms with Gasteiger partial charge in [-0.2, -0.15) is 0 Å². The third kappa shape index (κ3) is 4.18. The van der Waals surface area contributed by atoms with Crippen molar-refractivity contribution in [2.45, 2.75) is 19.3 Å². The highest BCUT2D eigenvalue weighted by molar-refractivity contribution is 5.98. The Balaban J connectivity index is 2.14. The second kappa shape index (κ2) is 6.44. The van der Waals surface area contributed by atoms with Gasteiger partial charge in [0.15, 0.2) is 5.78 Å². The summed E-state index contributed by atoms with van der Waals surface area (Å²) < 4.78 is 45.7. The van der Waals surface area contributed by atoms with E-state index in [9.17, 15) is 18.0 Å². The predicted octanol–water partition coefficient (Wildman–Crippen LogP) is 2.39. The first kappa shape index (κ1) is 15.8. The van der Waals surface area contributed by atoms with Gasteiger partial charge < -0.3 is 14.8 Å². The largest absolute Gasteiger partial charge is 0.573 e. The number of ketones is 1. The van der Waals surface area contributed by atoms with Crippen LogP contribution in [0.4, 0.5) is 13.2 Å². The Morgan fingerprint density at radius 1 is 1.43 bits per heavy atom. The lowest BCUT2D eigenvalue weighted by Crippen LogP contribution is -2.39. The first-order valence-corrected chi connectivity index (χ1v) is 6.62. The SMILES string of the molecule is CCNC1COCC1C(=O)c1cccc(OC(F)(F)F)c1. The second-order valence-corrected chi connectivity index (χ2v) is 4.75. The predicted molar refractivity (Wildman–Crippen MR) is 69.2 cm³/mol. The maximum absolute atomic E-state index is 12.4. The number of likely N-dealkylation sites (N-methyl/N-ethyl adjacent to an activating group) is 1. The number of hydrogen-bond acceptors (Lipinski definition) is 4. The molecule has 1 fully saturated rings. The zero-order valence-electron chi connectivity index (χ0n) is 11.4. The summed E-state index contributed by atoms with van der Waals surface area (Å²) in [5.74, 6) is -1.04. The maximum atomic E-state index is 12.4. The summed E-state index contributed by atoms with van der Waals surface area (Å²) in [4.78, 5) is 12.4. The van der Waals surface area contributed by atoms with Crippen LogP contribution in [0.2, 0.25) is 0 Å². The lowest BCUT2D eigenvalue weighted by molar-refractivity contribution is -0.274. The van der Waals surface area contributed by atoms with Crippen LogP contribution in [0.1, 0.15) is 17.3 Å². The summed E-state index contributed by atoms with van der Waals surface area (Å²) in [6.45, 7) is 3.29. The van der Waals surface area contributed by atoms with Gasteiger partial charge in [-0.1, -0.05) is 19.1 Å². The number of alkyl halides is 3. The molecule has 2 unspecified atom stereocenters. The Morgan fingerprint density at radius 3 is 2.86 bits per heavy atom. The fourth-order valence-corrected chi connectivity index (χ4v) is 2.34. The highest BCUT2D eigenvalue weighted by atomic mass is 19.4. The molecular formula is C14H16F3NO3. The van der Waals surface area contributed by atoms with Gasteiger partial charge in [0.05, 0.1) is 19.1 Å². The van der Waals surface area contributed by atoms with Gasteiger partial charge in [0.2, 0.25) is 0 Å². The minimum atomic E-state index is -4.77. The normalized spacial score (nSPS) is 22.3. The molecule has 0 aliphatic carbocycles. The van der Waals surface area contributed by atoms with Crippen molar-refractivity contribution < 1.29 is 27.4 Å². The molecule has 0 saturated carbocycles. The van der Waals surface area contributed by atoms with Crippen LogP contribution >= 0.6 is 0 Å². The number of rotatable bonds is 5. The van der Waals surface area contributed by atoms with Gasteiger partial charge in [-0.05, 0) is 18.7 Å². The minimum absolute atomic E-state index is 0.116. The molecule has 1 aliphatic heterocycles. The molecule has 1 aliphatic rings. The molecule has 1 heterocycles. The summed E-state index contributed by atoms with van der Waals surface area (Å²) in [5, 5.41) is 3.14. The zero-order valence-corrected chi connectivity index (χ0v) is 11.4. The van der Waals surface area contributed by atoms with E-state index in [-0.39, 0.29) is 24.0 Å². The summed E-state index contributed by atoms with van der Waals surface area (Å²) in [6, 6.07) is 5.00. The van der Waals surface area contributed by atoms with Crippen LogP contribution in [0.15, 0.2) is 24.3 Å². The standard InChI is InChI=1S/C14H16F3NO3/c1-2-18-12-8-20-7-11(12)13(19)9-4-3-5-10(6-9)21-14(15,16)17/h3-6,11-12,18H,2,7-8H2,1H3. The smallest absolute Gasteiger partial charge is 0.406 e. The number of Topliss-reactive ketones (excluding diaryl/α,β-unsaturated/α-hetero) is 1. The van der Waals surface area contributed by atoms with Crippen molar-refractivity contribution >= 4 is 5.78 Å². The van der Waals surface area contributed by atoms with Crippen molar-refractivity contribution in [3.05, 3.63) is 29.8 Å². The molecule has 116 valence electrons. The molecule has 1 N–H and O–H groups in total. The summed E-state index contributed by atoms with van der Waals surface area (Å²) in [5.41, 5.74) is 0.190. The summed E-state index contributed by atoms with van der Waals surface area (Å²) in [7, 11) is 0. The molecule has 0 aromatic heterocycles. The summed E-state index contributed by atoms with van der Waals surface area (Å²) >= 11 is 0.